The van der Waals surface area contributed by atoms with Crippen molar-refractivity contribution in [1.82, 2.24) is 14.5 Å². The molecule has 1 fully saturated rings. The molecule has 7 heteroatoms. The Morgan fingerprint density at radius 1 is 1.24 bits per heavy atom. The van der Waals surface area contributed by atoms with Gasteiger partial charge in [0.2, 0.25) is 10.0 Å². The molecule has 1 amide bonds. The Bertz CT molecular complexity index is 706. The Labute approximate surface area is 151 Å². The van der Waals surface area contributed by atoms with Crippen LogP contribution in [0.5, 0.6) is 0 Å². The number of amides is 1. The van der Waals surface area contributed by atoms with Crippen LogP contribution in [0.3, 0.4) is 0 Å². The second-order valence-electron chi connectivity index (χ2n) is 6.42. The molecule has 0 unspecified atom stereocenters. The number of nitrogens with one attached hydrogen (secondary N) is 1. The molecular formula is C18H29N3O3S. The number of aryl methyl sites for hydroxylation is 1. The smallest absolute Gasteiger partial charge is 0.254 e. The van der Waals surface area contributed by atoms with E-state index < -0.39 is 10.0 Å². The second kappa shape index (κ2) is 8.29. The van der Waals surface area contributed by atoms with Crippen LogP contribution >= 0.6 is 0 Å². The Morgan fingerprint density at radius 3 is 2.36 bits per heavy atom. The van der Waals surface area contributed by atoms with E-state index in [1.807, 2.05) is 32.7 Å². The summed E-state index contributed by atoms with van der Waals surface area (Å²) in [6.45, 7) is 7.68. The van der Waals surface area contributed by atoms with Crippen LogP contribution in [0.2, 0.25) is 0 Å². The number of hydrogen-bond acceptors (Lipinski definition) is 4. The molecule has 1 aromatic carbocycles. The highest BCUT2D eigenvalue weighted by Crippen LogP contribution is 2.22. The largest absolute Gasteiger partial charge is 0.339 e. The van der Waals surface area contributed by atoms with Crippen molar-refractivity contribution >= 4 is 15.9 Å². The molecule has 25 heavy (non-hydrogen) atoms. The van der Waals surface area contributed by atoms with E-state index in [-0.39, 0.29) is 10.8 Å². The Kier molecular flexibility index (Phi) is 6.59. The van der Waals surface area contributed by atoms with E-state index in [4.69, 9.17) is 0 Å². The zero-order valence-corrected chi connectivity index (χ0v) is 16.4. The molecule has 0 aliphatic carbocycles. The summed E-state index contributed by atoms with van der Waals surface area (Å²) in [7, 11) is -1.63. The molecule has 1 N–H and O–H groups in total. The average Bonchev–Trinajstić information content (AvgIpc) is 2.62. The monoisotopic (exact) mass is 367 g/mol. The predicted octanol–water partition coefficient (Wildman–Crippen LogP) is 1.85. The van der Waals surface area contributed by atoms with Crippen molar-refractivity contribution in [3.63, 3.8) is 0 Å². The van der Waals surface area contributed by atoms with Crippen LogP contribution in [0.1, 0.15) is 42.6 Å². The minimum Gasteiger partial charge on any atom is -0.339 e. The molecule has 1 aliphatic heterocycles. The highest BCUT2D eigenvalue weighted by atomic mass is 32.2. The molecule has 140 valence electrons. The third kappa shape index (κ3) is 4.22. The lowest BCUT2D eigenvalue weighted by Crippen LogP contribution is -2.44. The topological polar surface area (TPSA) is 69.7 Å². The van der Waals surface area contributed by atoms with Gasteiger partial charge in [0.05, 0.1) is 4.90 Å². The molecular weight excluding hydrogens is 338 g/mol. The Balaban J connectivity index is 2.29. The van der Waals surface area contributed by atoms with Crippen molar-refractivity contribution in [3.8, 4) is 0 Å². The van der Waals surface area contributed by atoms with Gasteiger partial charge >= 0.3 is 0 Å². The van der Waals surface area contributed by atoms with Gasteiger partial charge in [0, 0.05) is 37.8 Å². The fraction of sp³-hybridized carbons (Fsp3) is 0.611. The van der Waals surface area contributed by atoms with Gasteiger partial charge in [-0.05, 0) is 44.5 Å². The number of carbonyl (C=O) groups excluding carboxylic acids is 1. The molecule has 0 spiro atoms. The van der Waals surface area contributed by atoms with Crippen LogP contribution in [0.15, 0.2) is 23.1 Å². The number of sulfonamides is 1. The first kappa shape index (κ1) is 19.9. The third-order valence-corrected chi connectivity index (χ3v) is 7.02. The first-order valence-corrected chi connectivity index (χ1v) is 10.4. The maximum Gasteiger partial charge on any atom is 0.254 e. The van der Waals surface area contributed by atoms with Crippen LogP contribution in [-0.2, 0) is 10.0 Å². The lowest BCUT2D eigenvalue weighted by molar-refractivity contribution is 0.0706. The molecule has 2 rings (SSSR count). The minimum atomic E-state index is -3.56. The SMILES string of the molecule is CCN(CC)S(=O)(=O)c1ccc(C)c(C(=O)N2CCC(NC)CC2)c1. The molecule has 1 saturated heterocycles. The number of nitrogens with zero attached hydrogens (tertiary/aromatic N) is 2. The summed E-state index contributed by atoms with van der Waals surface area (Å²) < 4.78 is 26.9. The van der Waals surface area contributed by atoms with Crippen LogP contribution in [0.25, 0.3) is 0 Å². The third-order valence-electron chi connectivity index (χ3n) is 4.97. The van der Waals surface area contributed by atoms with Gasteiger partial charge < -0.3 is 10.2 Å². The Hall–Kier alpha value is -1.44. The lowest BCUT2D eigenvalue weighted by Gasteiger charge is -2.32. The maximum atomic E-state index is 12.9. The van der Waals surface area contributed by atoms with Gasteiger partial charge in [-0.25, -0.2) is 8.42 Å². The highest BCUT2D eigenvalue weighted by Gasteiger charge is 2.27. The number of carbonyl (C=O) groups is 1. The average molecular weight is 368 g/mol. The highest BCUT2D eigenvalue weighted by molar-refractivity contribution is 7.89. The summed E-state index contributed by atoms with van der Waals surface area (Å²) in [6, 6.07) is 5.30. The van der Waals surface area contributed by atoms with E-state index in [0.717, 1.165) is 18.4 Å². The summed E-state index contributed by atoms with van der Waals surface area (Å²) in [5, 5.41) is 3.25. The zero-order valence-electron chi connectivity index (χ0n) is 15.6. The molecule has 0 atom stereocenters. The zero-order chi connectivity index (χ0) is 18.6. The van der Waals surface area contributed by atoms with Crippen molar-refractivity contribution in [2.45, 2.75) is 44.6 Å². The molecule has 1 aromatic rings. The molecule has 0 bridgehead atoms. The second-order valence-corrected chi connectivity index (χ2v) is 8.36. The standard InChI is InChI=1S/C18H29N3O3S/c1-5-21(6-2)25(23,24)16-8-7-14(3)17(13-16)18(22)20-11-9-15(19-4)10-12-20/h7-8,13,15,19H,5-6,9-12H2,1-4H3. The van der Waals surface area contributed by atoms with Crippen LogP contribution in [-0.4, -0.2) is 62.8 Å². The normalized spacial score (nSPS) is 16.4. The number of piperidine rings is 1. The van der Waals surface area contributed by atoms with Gasteiger partial charge in [-0.1, -0.05) is 19.9 Å². The van der Waals surface area contributed by atoms with Gasteiger partial charge in [-0.3, -0.25) is 4.79 Å². The summed E-state index contributed by atoms with van der Waals surface area (Å²) in [6.07, 6.45) is 1.83. The molecule has 0 saturated carbocycles. The van der Waals surface area contributed by atoms with Gasteiger partial charge in [-0.15, -0.1) is 0 Å². The summed E-state index contributed by atoms with van der Waals surface area (Å²) >= 11 is 0. The minimum absolute atomic E-state index is 0.0800. The molecule has 0 aromatic heterocycles. The van der Waals surface area contributed by atoms with E-state index in [9.17, 15) is 13.2 Å². The van der Waals surface area contributed by atoms with E-state index in [0.29, 0.717) is 37.8 Å². The van der Waals surface area contributed by atoms with E-state index in [2.05, 4.69) is 5.32 Å². The number of benzene rings is 1. The van der Waals surface area contributed by atoms with E-state index >= 15 is 0 Å². The predicted molar refractivity (Wildman–Crippen MR) is 99.3 cm³/mol. The maximum absolute atomic E-state index is 12.9. The van der Waals surface area contributed by atoms with Crippen molar-refractivity contribution < 1.29 is 13.2 Å². The Morgan fingerprint density at radius 2 is 1.84 bits per heavy atom. The summed E-state index contributed by atoms with van der Waals surface area (Å²) in [4.78, 5) is 14.9. The van der Waals surface area contributed by atoms with E-state index in [1.54, 1.807) is 12.1 Å². The lowest BCUT2D eigenvalue weighted by atomic mass is 10.0. The van der Waals surface area contributed by atoms with Crippen LogP contribution in [0, 0.1) is 6.92 Å². The van der Waals surface area contributed by atoms with Crippen LogP contribution in [0.4, 0.5) is 0 Å². The van der Waals surface area contributed by atoms with Crippen molar-refractivity contribution in [1.29, 1.82) is 0 Å². The first-order chi connectivity index (χ1) is 11.8. The van der Waals surface area contributed by atoms with Gasteiger partial charge in [-0.2, -0.15) is 4.31 Å². The molecule has 6 nitrogen and oxygen atoms in total. The summed E-state index contributed by atoms with van der Waals surface area (Å²) in [5.74, 6) is -0.0800. The van der Waals surface area contributed by atoms with Gasteiger partial charge in [0.15, 0.2) is 0 Å². The first-order valence-electron chi connectivity index (χ1n) is 8.92. The van der Waals surface area contributed by atoms with Crippen molar-refractivity contribution in [3.05, 3.63) is 29.3 Å². The van der Waals surface area contributed by atoms with Crippen molar-refractivity contribution in [2.75, 3.05) is 33.2 Å². The molecule has 1 aliphatic rings. The number of hydrogen-bond donors (Lipinski definition) is 1. The molecule has 1 heterocycles. The van der Waals surface area contributed by atoms with Crippen LogP contribution < -0.4 is 5.32 Å². The van der Waals surface area contributed by atoms with E-state index in [1.165, 1.54) is 10.4 Å². The molecule has 0 radical (unpaired) electrons. The van der Waals surface area contributed by atoms with Gasteiger partial charge in [0.1, 0.15) is 0 Å². The quantitative estimate of drug-likeness (QED) is 0.833. The fourth-order valence-corrected chi connectivity index (χ4v) is 4.73. The number of likely N-dealkylation sites (tertiary alicyclic amines) is 1. The van der Waals surface area contributed by atoms with Gasteiger partial charge in [0.25, 0.3) is 5.91 Å². The number of rotatable bonds is 6. The summed E-state index contributed by atoms with van der Waals surface area (Å²) in [5.41, 5.74) is 1.29. The fourth-order valence-electron chi connectivity index (χ4n) is 3.25. The van der Waals surface area contributed by atoms with Crippen molar-refractivity contribution in [2.24, 2.45) is 0 Å².